The highest BCUT2D eigenvalue weighted by Gasteiger charge is 2.26. The standard InChI is InChI=1S/C16H17NO4S/c1-12(22(19,20)15-5-3-2-4-6-15)11-16(18)21-14-9-7-13(17)8-10-14/h2-10,12H,11,17H2,1H3. The molecule has 1 unspecified atom stereocenters. The second kappa shape index (κ2) is 6.62. The molecule has 22 heavy (non-hydrogen) atoms. The SMILES string of the molecule is CC(CC(=O)Oc1ccc(N)cc1)S(=O)(=O)c1ccccc1. The van der Waals surface area contributed by atoms with Crippen molar-refractivity contribution in [1.82, 2.24) is 0 Å². The molecule has 2 rings (SSSR count). The second-order valence-corrected chi connectivity index (χ2v) is 7.28. The number of esters is 1. The minimum Gasteiger partial charge on any atom is -0.426 e. The van der Waals surface area contributed by atoms with E-state index in [1.165, 1.54) is 19.1 Å². The molecule has 0 amide bonds. The molecule has 0 fully saturated rings. The van der Waals surface area contributed by atoms with Gasteiger partial charge in [-0.05, 0) is 43.3 Å². The molecule has 2 aromatic rings. The van der Waals surface area contributed by atoms with Gasteiger partial charge in [-0.15, -0.1) is 0 Å². The average molecular weight is 319 g/mol. The summed E-state index contributed by atoms with van der Waals surface area (Å²) in [6, 6.07) is 14.4. The Bertz CT molecular complexity index is 739. The number of carbonyl (C=O) groups excluding carboxylic acids is 1. The van der Waals surface area contributed by atoms with Crippen molar-refractivity contribution in [3.05, 3.63) is 54.6 Å². The lowest BCUT2D eigenvalue weighted by atomic mass is 10.3. The first-order valence-electron chi connectivity index (χ1n) is 6.75. The topological polar surface area (TPSA) is 86.5 Å². The van der Waals surface area contributed by atoms with Crippen LogP contribution in [0.15, 0.2) is 59.5 Å². The largest absolute Gasteiger partial charge is 0.426 e. The predicted octanol–water partition coefficient (Wildman–Crippen LogP) is 2.43. The third-order valence-electron chi connectivity index (χ3n) is 3.17. The van der Waals surface area contributed by atoms with Gasteiger partial charge in [-0.2, -0.15) is 0 Å². The van der Waals surface area contributed by atoms with Gasteiger partial charge in [-0.25, -0.2) is 8.42 Å². The molecule has 6 heteroatoms. The van der Waals surface area contributed by atoms with Gasteiger partial charge in [-0.3, -0.25) is 4.79 Å². The van der Waals surface area contributed by atoms with Gasteiger partial charge in [0.1, 0.15) is 5.75 Å². The van der Waals surface area contributed by atoms with Crippen LogP contribution in [0.25, 0.3) is 0 Å². The number of carbonyl (C=O) groups is 1. The molecule has 0 aliphatic carbocycles. The lowest BCUT2D eigenvalue weighted by Gasteiger charge is -2.12. The fourth-order valence-electron chi connectivity index (χ4n) is 1.90. The maximum Gasteiger partial charge on any atom is 0.312 e. The van der Waals surface area contributed by atoms with Crippen LogP contribution in [0, 0.1) is 0 Å². The molecule has 0 heterocycles. The molecule has 2 aromatic carbocycles. The van der Waals surface area contributed by atoms with Gasteiger partial charge < -0.3 is 10.5 Å². The number of anilines is 1. The van der Waals surface area contributed by atoms with Crippen molar-refractivity contribution in [2.75, 3.05) is 5.73 Å². The molecule has 2 N–H and O–H groups in total. The molecule has 5 nitrogen and oxygen atoms in total. The summed E-state index contributed by atoms with van der Waals surface area (Å²) in [5.41, 5.74) is 6.10. The third kappa shape index (κ3) is 3.85. The zero-order valence-electron chi connectivity index (χ0n) is 12.1. The van der Waals surface area contributed by atoms with E-state index in [4.69, 9.17) is 10.5 Å². The minimum atomic E-state index is -3.55. The Labute approximate surface area is 129 Å². The first-order chi connectivity index (χ1) is 10.4. The molecule has 0 saturated carbocycles. The highest BCUT2D eigenvalue weighted by atomic mass is 32.2. The van der Waals surface area contributed by atoms with Crippen molar-refractivity contribution in [3.63, 3.8) is 0 Å². The summed E-state index contributed by atoms with van der Waals surface area (Å²) in [7, 11) is -3.55. The molecule has 0 bridgehead atoms. The maximum absolute atomic E-state index is 12.3. The van der Waals surface area contributed by atoms with Crippen LogP contribution in [0.3, 0.4) is 0 Å². The zero-order valence-corrected chi connectivity index (χ0v) is 12.9. The Morgan fingerprint density at radius 3 is 2.27 bits per heavy atom. The summed E-state index contributed by atoms with van der Waals surface area (Å²) in [6.07, 6.45) is -0.221. The van der Waals surface area contributed by atoms with Gasteiger partial charge in [0.2, 0.25) is 0 Å². The molecule has 116 valence electrons. The van der Waals surface area contributed by atoms with E-state index < -0.39 is 21.1 Å². The minimum absolute atomic E-state index is 0.197. The Morgan fingerprint density at radius 2 is 1.68 bits per heavy atom. The monoisotopic (exact) mass is 319 g/mol. The summed E-state index contributed by atoms with van der Waals surface area (Å²) < 4.78 is 29.8. The molecule has 0 aliphatic heterocycles. The van der Waals surface area contributed by atoms with Crippen molar-refractivity contribution in [3.8, 4) is 5.75 Å². The number of benzene rings is 2. The third-order valence-corrected chi connectivity index (χ3v) is 5.32. The first kappa shape index (κ1) is 16.0. The fourth-order valence-corrected chi connectivity index (χ4v) is 3.25. The van der Waals surface area contributed by atoms with Gasteiger partial charge in [0.05, 0.1) is 16.6 Å². The number of sulfone groups is 1. The Hall–Kier alpha value is -2.34. The van der Waals surface area contributed by atoms with E-state index >= 15 is 0 Å². The van der Waals surface area contributed by atoms with Crippen molar-refractivity contribution in [1.29, 1.82) is 0 Å². The molecular weight excluding hydrogens is 302 g/mol. The summed E-state index contributed by atoms with van der Waals surface area (Å²) in [4.78, 5) is 12.1. The Kier molecular flexibility index (Phi) is 4.82. The summed E-state index contributed by atoms with van der Waals surface area (Å²) >= 11 is 0. The number of ether oxygens (including phenoxy) is 1. The maximum atomic E-state index is 12.3. The smallest absolute Gasteiger partial charge is 0.312 e. The van der Waals surface area contributed by atoms with Crippen LogP contribution in [0.5, 0.6) is 5.75 Å². The number of hydrogen-bond donors (Lipinski definition) is 1. The molecule has 0 spiro atoms. The van der Waals surface area contributed by atoms with Gasteiger partial charge in [0.25, 0.3) is 0 Å². The van der Waals surface area contributed by atoms with Gasteiger partial charge >= 0.3 is 5.97 Å². The molecule has 0 saturated heterocycles. The molecular formula is C16H17NO4S. The van der Waals surface area contributed by atoms with E-state index in [9.17, 15) is 13.2 Å². The first-order valence-corrected chi connectivity index (χ1v) is 8.29. The Balaban J connectivity index is 2.03. The van der Waals surface area contributed by atoms with Crippen molar-refractivity contribution < 1.29 is 17.9 Å². The average Bonchev–Trinajstić information content (AvgIpc) is 2.50. The molecule has 0 radical (unpaired) electrons. The van der Waals surface area contributed by atoms with E-state index in [2.05, 4.69) is 0 Å². The van der Waals surface area contributed by atoms with E-state index in [0.29, 0.717) is 11.4 Å². The number of nitrogens with two attached hydrogens (primary N) is 1. The summed E-state index contributed by atoms with van der Waals surface area (Å²) in [5, 5.41) is -0.865. The number of hydrogen-bond acceptors (Lipinski definition) is 5. The Morgan fingerprint density at radius 1 is 1.09 bits per heavy atom. The van der Waals surface area contributed by atoms with E-state index in [0.717, 1.165) is 0 Å². The summed E-state index contributed by atoms with van der Waals surface area (Å²) in [6.45, 7) is 1.49. The highest BCUT2D eigenvalue weighted by molar-refractivity contribution is 7.92. The van der Waals surface area contributed by atoms with Crippen molar-refractivity contribution in [2.24, 2.45) is 0 Å². The quantitative estimate of drug-likeness (QED) is 0.519. The lowest BCUT2D eigenvalue weighted by Crippen LogP contribution is -2.24. The van der Waals surface area contributed by atoms with Crippen molar-refractivity contribution in [2.45, 2.75) is 23.5 Å². The van der Waals surface area contributed by atoms with Gasteiger partial charge in [0, 0.05) is 5.69 Å². The highest BCUT2D eigenvalue weighted by Crippen LogP contribution is 2.19. The van der Waals surface area contributed by atoms with Crippen LogP contribution in [0.1, 0.15) is 13.3 Å². The summed E-state index contributed by atoms with van der Waals surface area (Å²) in [5.74, 6) is -0.264. The van der Waals surface area contributed by atoms with Crippen LogP contribution in [-0.2, 0) is 14.6 Å². The van der Waals surface area contributed by atoms with E-state index in [1.54, 1.807) is 42.5 Å². The van der Waals surface area contributed by atoms with Gasteiger partial charge in [-0.1, -0.05) is 18.2 Å². The molecule has 0 aliphatic rings. The van der Waals surface area contributed by atoms with E-state index in [1.807, 2.05) is 0 Å². The van der Waals surface area contributed by atoms with Crippen LogP contribution in [0.4, 0.5) is 5.69 Å². The second-order valence-electron chi connectivity index (χ2n) is 4.92. The number of rotatable bonds is 5. The molecule has 0 aromatic heterocycles. The zero-order chi connectivity index (χ0) is 16.2. The van der Waals surface area contributed by atoms with Crippen LogP contribution in [0.2, 0.25) is 0 Å². The molecule has 1 atom stereocenters. The van der Waals surface area contributed by atoms with Crippen LogP contribution in [-0.4, -0.2) is 19.6 Å². The predicted molar refractivity (Wildman–Crippen MR) is 84.2 cm³/mol. The van der Waals surface area contributed by atoms with E-state index in [-0.39, 0.29) is 11.3 Å². The lowest BCUT2D eigenvalue weighted by molar-refractivity contribution is -0.134. The van der Waals surface area contributed by atoms with Gasteiger partial charge in [0.15, 0.2) is 9.84 Å². The normalized spacial score (nSPS) is 12.6. The fraction of sp³-hybridized carbons (Fsp3) is 0.188. The number of nitrogen functional groups attached to an aromatic ring is 1. The van der Waals surface area contributed by atoms with Crippen LogP contribution >= 0.6 is 0 Å². The van der Waals surface area contributed by atoms with Crippen LogP contribution < -0.4 is 10.5 Å². The van der Waals surface area contributed by atoms with Crippen molar-refractivity contribution >= 4 is 21.5 Å².